The van der Waals surface area contributed by atoms with Crippen molar-refractivity contribution in [2.75, 3.05) is 38.2 Å². The molecule has 0 saturated carbocycles. The quantitative estimate of drug-likeness (QED) is 0.928. The van der Waals surface area contributed by atoms with Gasteiger partial charge in [-0.25, -0.2) is 9.18 Å². The second-order valence-electron chi connectivity index (χ2n) is 5.92. The first-order valence-electron chi connectivity index (χ1n) is 8.32. The molecule has 0 spiro atoms. The molecule has 2 aromatic rings. The van der Waals surface area contributed by atoms with Crippen LogP contribution in [-0.4, -0.2) is 44.2 Å². The Morgan fingerprint density at radius 3 is 2.60 bits per heavy atom. The van der Waals surface area contributed by atoms with Crippen molar-refractivity contribution in [1.29, 1.82) is 0 Å². The number of benzene rings is 2. The van der Waals surface area contributed by atoms with Crippen LogP contribution in [0.5, 0.6) is 5.75 Å². The lowest BCUT2D eigenvalue weighted by Gasteiger charge is -2.36. The zero-order valence-electron chi connectivity index (χ0n) is 14.2. The number of carbonyl (C=O) groups excluding carboxylic acids is 1. The number of nitrogens with one attached hydrogen (secondary N) is 1. The van der Waals surface area contributed by atoms with Gasteiger partial charge in [0.1, 0.15) is 11.6 Å². The van der Waals surface area contributed by atoms with Crippen LogP contribution >= 0.6 is 0 Å². The average molecular weight is 343 g/mol. The first-order chi connectivity index (χ1) is 12.2. The number of urea groups is 1. The van der Waals surface area contributed by atoms with Gasteiger partial charge in [-0.1, -0.05) is 24.3 Å². The minimum atomic E-state index is -0.241. The van der Waals surface area contributed by atoms with Crippen molar-refractivity contribution in [2.45, 2.75) is 6.54 Å². The molecule has 0 radical (unpaired) electrons. The van der Waals surface area contributed by atoms with Gasteiger partial charge in [-0.05, 0) is 24.3 Å². The van der Waals surface area contributed by atoms with Crippen LogP contribution in [0.25, 0.3) is 0 Å². The summed E-state index contributed by atoms with van der Waals surface area (Å²) in [6.45, 7) is 3.01. The van der Waals surface area contributed by atoms with Gasteiger partial charge in [0.2, 0.25) is 0 Å². The minimum Gasteiger partial charge on any atom is -0.496 e. The van der Waals surface area contributed by atoms with E-state index >= 15 is 0 Å². The molecule has 1 fully saturated rings. The zero-order valence-corrected chi connectivity index (χ0v) is 14.2. The summed E-state index contributed by atoms with van der Waals surface area (Å²) in [6, 6.07) is 14.1. The van der Waals surface area contributed by atoms with Crippen molar-refractivity contribution >= 4 is 11.7 Å². The van der Waals surface area contributed by atoms with Crippen molar-refractivity contribution in [1.82, 2.24) is 10.2 Å². The maximum atomic E-state index is 13.3. The molecule has 0 aliphatic carbocycles. The van der Waals surface area contributed by atoms with E-state index in [0.717, 1.165) is 17.0 Å². The number of hydrogen-bond donors (Lipinski definition) is 1. The fourth-order valence-corrected chi connectivity index (χ4v) is 2.97. The highest BCUT2D eigenvalue weighted by molar-refractivity contribution is 5.74. The largest absolute Gasteiger partial charge is 0.496 e. The van der Waals surface area contributed by atoms with Crippen LogP contribution in [0.4, 0.5) is 14.9 Å². The van der Waals surface area contributed by atoms with Crippen LogP contribution in [0.2, 0.25) is 0 Å². The number of rotatable bonds is 4. The highest BCUT2D eigenvalue weighted by atomic mass is 19.1. The first kappa shape index (κ1) is 17.1. The van der Waals surface area contributed by atoms with E-state index in [-0.39, 0.29) is 11.8 Å². The molecule has 0 bridgehead atoms. The van der Waals surface area contributed by atoms with Gasteiger partial charge in [0.05, 0.1) is 7.11 Å². The molecule has 3 rings (SSSR count). The maximum absolute atomic E-state index is 13.3. The number of methoxy groups -OCH3 is 1. The monoisotopic (exact) mass is 343 g/mol. The third-order valence-corrected chi connectivity index (χ3v) is 4.36. The molecule has 25 heavy (non-hydrogen) atoms. The zero-order chi connectivity index (χ0) is 17.6. The highest BCUT2D eigenvalue weighted by Crippen LogP contribution is 2.18. The third-order valence-electron chi connectivity index (χ3n) is 4.36. The van der Waals surface area contributed by atoms with Gasteiger partial charge in [-0.2, -0.15) is 0 Å². The Kier molecular flexibility index (Phi) is 5.38. The number of halogens is 1. The second kappa shape index (κ2) is 7.88. The van der Waals surface area contributed by atoms with Gasteiger partial charge in [0, 0.05) is 44.0 Å². The summed E-state index contributed by atoms with van der Waals surface area (Å²) in [4.78, 5) is 16.2. The van der Waals surface area contributed by atoms with Crippen molar-refractivity contribution < 1.29 is 13.9 Å². The number of ether oxygens (including phenoxy) is 1. The smallest absolute Gasteiger partial charge is 0.317 e. The summed E-state index contributed by atoms with van der Waals surface area (Å²) in [5, 5.41) is 2.94. The molecule has 1 heterocycles. The van der Waals surface area contributed by atoms with Gasteiger partial charge in [0.25, 0.3) is 0 Å². The SMILES string of the molecule is COc1ccccc1CNC(=O)N1CCN(c2cccc(F)c2)CC1. The lowest BCUT2D eigenvalue weighted by molar-refractivity contribution is 0.194. The van der Waals surface area contributed by atoms with Crippen molar-refractivity contribution in [3.05, 3.63) is 59.9 Å². The van der Waals surface area contributed by atoms with E-state index in [4.69, 9.17) is 4.74 Å². The summed E-state index contributed by atoms with van der Waals surface area (Å²) in [7, 11) is 1.62. The Bertz CT molecular complexity index is 730. The molecule has 0 atom stereocenters. The molecule has 132 valence electrons. The predicted octanol–water partition coefficient (Wildman–Crippen LogP) is 2.87. The molecule has 2 aromatic carbocycles. The number of piperazine rings is 1. The summed E-state index contributed by atoms with van der Waals surface area (Å²) >= 11 is 0. The van der Waals surface area contributed by atoms with Crippen molar-refractivity contribution in [3.8, 4) is 5.75 Å². The normalized spacial score (nSPS) is 14.3. The molecule has 5 nitrogen and oxygen atoms in total. The lowest BCUT2D eigenvalue weighted by atomic mass is 10.2. The Morgan fingerprint density at radius 1 is 1.12 bits per heavy atom. The molecule has 6 heteroatoms. The lowest BCUT2D eigenvalue weighted by Crippen LogP contribution is -2.51. The Morgan fingerprint density at radius 2 is 1.88 bits per heavy atom. The van der Waals surface area contributed by atoms with Gasteiger partial charge in [-0.3, -0.25) is 0 Å². The van der Waals surface area contributed by atoms with Crippen LogP contribution in [0.3, 0.4) is 0 Å². The average Bonchev–Trinajstić information content (AvgIpc) is 2.66. The van der Waals surface area contributed by atoms with E-state index in [1.807, 2.05) is 30.3 Å². The third kappa shape index (κ3) is 4.21. The fourth-order valence-electron chi connectivity index (χ4n) is 2.97. The number of para-hydroxylation sites is 1. The van der Waals surface area contributed by atoms with E-state index in [9.17, 15) is 9.18 Å². The number of nitrogens with zero attached hydrogens (tertiary/aromatic N) is 2. The Balaban J connectivity index is 1.51. The molecular weight excluding hydrogens is 321 g/mol. The summed E-state index contributed by atoms with van der Waals surface area (Å²) < 4.78 is 18.6. The van der Waals surface area contributed by atoms with E-state index in [1.54, 1.807) is 18.1 Å². The predicted molar refractivity (Wildman–Crippen MR) is 95.4 cm³/mol. The van der Waals surface area contributed by atoms with Crippen LogP contribution < -0.4 is 15.0 Å². The van der Waals surface area contributed by atoms with Gasteiger partial charge in [0.15, 0.2) is 0 Å². The minimum absolute atomic E-state index is 0.0928. The van der Waals surface area contributed by atoms with Crippen LogP contribution in [-0.2, 0) is 6.54 Å². The summed E-state index contributed by atoms with van der Waals surface area (Å²) in [5.74, 6) is 0.521. The Hall–Kier alpha value is -2.76. The molecule has 1 aliphatic heterocycles. The number of anilines is 1. The summed E-state index contributed by atoms with van der Waals surface area (Å²) in [5.41, 5.74) is 1.80. The molecular formula is C19H22FN3O2. The molecule has 0 aromatic heterocycles. The molecule has 2 amide bonds. The van der Waals surface area contributed by atoms with Gasteiger partial charge in [-0.15, -0.1) is 0 Å². The van der Waals surface area contributed by atoms with E-state index < -0.39 is 0 Å². The first-order valence-corrected chi connectivity index (χ1v) is 8.32. The number of carbonyl (C=O) groups is 1. The molecule has 1 aliphatic rings. The summed E-state index contributed by atoms with van der Waals surface area (Å²) in [6.07, 6.45) is 0. The van der Waals surface area contributed by atoms with Gasteiger partial charge < -0.3 is 19.9 Å². The standard InChI is InChI=1S/C19H22FN3O2/c1-25-18-8-3-2-5-15(18)14-21-19(24)23-11-9-22(10-12-23)17-7-4-6-16(20)13-17/h2-8,13H,9-12,14H2,1H3,(H,21,24). The van der Waals surface area contributed by atoms with E-state index in [0.29, 0.717) is 32.7 Å². The topological polar surface area (TPSA) is 44.8 Å². The number of hydrogen-bond acceptors (Lipinski definition) is 3. The fraction of sp³-hybridized carbons (Fsp3) is 0.316. The van der Waals surface area contributed by atoms with Gasteiger partial charge >= 0.3 is 6.03 Å². The van der Waals surface area contributed by atoms with Crippen LogP contribution in [0, 0.1) is 5.82 Å². The van der Waals surface area contributed by atoms with Crippen molar-refractivity contribution in [2.24, 2.45) is 0 Å². The van der Waals surface area contributed by atoms with E-state index in [1.165, 1.54) is 12.1 Å². The molecule has 0 unspecified atom stereocenters. The van der Waals surface area contributed by atoms with Crippen LogP contribution in [0.1, 0.15) is 5.56 Å². The number of amides is 2. The Labute approximate surface area is 147 Å². The molecule has 1 saturated heterocycles. The molecule has 1 N–H and O–H groups in total. The van der Waals surface area contributed by atoms with Crippen molar-refractivity contribution in [3.63, 3.8) is 0 Å². The second-order valence-corrected chi connectivity index (χ2v) is 5.92. The van der Waals surface area contributed by atoms with E-state index in [2.05, 4.69) is 10.2 Å². The maximum Gasteiger partial charge on any atom is 0.317 e. The van der Waals surface area contributed by atoms with Crippen LogP contribution in [0.15, 0.2) is 48.5 Å². The highest BCUT2D eigenvalue weighted by Gasteiger charge is 2.21.